The molecule has 1 aliphatic heterocycles. The number of hydrogen-bond acceptors (Lipinski definition) is 5. The predicted molar refractivity (Wildman–Crippen MR) is 111 cm³/mol. The van der Waals surface area contributed by atoms with Crippen LogP contribution >= 0.6 is 0 Å². The van der Waals surface area contributed by atoms with E-state index in [0.29, 0.717) is 5.56 Å². The Hall–Kier alpha value is -3.02. The third-order valence-electron chi connectivity index (χ3n) is 5.25. The van der Waals surface area contributed by atoms with Gasteiger partial charge in [0.2, 0.25) is 0 Å². The summed E-state index contributed by atoms with van der Waals surface area (Å²) in [6.07, 6.45) is 7.12. The molecule has 3 heterocycles. The quantitative estimate of drug-likeness (QED) is 0.760. The minimum Gasteiger partial charge on any atom is -0.353 e. The SMILES string of the molecule is Cc1cc(C)c2c(C(=O)N[C@H]3CCCN(c4cnccn4)C3)cc(C)nc2c1. The highest BCUT2D eigenvalue weighted by molar-refractivity contribution is 6.07. The molecule has 4 rings (SSSR count). The van der Waals surface area contributed by atoms with Crippen LogP contribution in [0, 0.1) is 20.8 Å². The molecule has 0 radical (unpaired) electrons. The lowest BCUT2D eigenvalue weighted by Crippen LogP contribution is -2.48. The van der Waals surface area contributed by atoms with Gasteiger partial charge in [-0.15, -0.1) is 0 Å². The van der Waals surface area contributed by atoms with Gasteiger partial charge < -0.3 is 10.2 Å². The van der Waals surface area contributed by atoms with Gasteiger partial charge in [-0.05, 0) is 56.9 Å². The number of carbonyl (C=O) groups excluding carboxylic acids is 1. The van der Waals surface area contributed by atoms with E-state index in [9.17, 15) is 4.79 Å². The van der Waals surface area contributed by atoms with Crippen molar-refractivity contribution in [1.29, 1.82) is 0 Å². The number of carbonyl (C=O) groups is 1. The molecule has 1 fully saturated rings. The van der Waals surface area contributed by atoms with E-state index in [-0.39, 0.29) is 11.9 Å². The van der Waals surface area contributed by atoms with Gasteiger partial charge in [-0.2, -0.15) is 0 Å². The lowest BCUT2D eigenvalue weighted by Gasteiger charge is -2.33. The Bertz CT molecular complexity index is 1010. The van der Waals surface area contributed by atoms with Gasteiger partial charge >= 0.3 is 0 Å². The summed E-state index contributed by atoms with van der Waals surface area (Å²) >= 11 is 0. The Morgan fingerprint density at radius 1 is 1.18 bits per heavy atom. The number of amides is 1. The number of hydrogen-bond donors (Lipinski definition) is 1. The maximum Gasteiger partial charge on any atom is 0.252 e. The monoisotopic (exact) mass is 375 g/mol. The predicted octanol–water partition coefficient (Wildman–Crippen LogP) is 3.35. The van der Waals surface area contributed by atoms with Crippen molar-refractivity contribution >= 4 is 22.6 Å². The molecular weight excluding hydrogens is 350 g/mol. The fourth-order valence-corrected chi connectivity index (χ4v) is 4.09. The van der Waals surface area contributed by atoms with Crippen LogP contribution in [0.1, 0.15) is 40.0 Å². The van der Waals surface area contributed by atoms with Gasteiger partial charge in [-0.3, -0.25) is 14.8 Å². The Labute approximate surface area is 165 Å². The van der Waals surface area contributed by atoms with Gasteiger partial charge in [-0.1, -0.05) is 6.07 Å². The van der Waals surface area contributed by atoms with E-state index in [0.717, 1.165) is 59.5 Å². The van der Waals surface area contributed by atoms with Crippen molar-refractivity contribution in [3.05, 3.63) is 59.2 Å². The summed E-state index contributed by atoms with van der Waals surface area (Å²) in [5, 5.41) is 4.18. The highest BCUT2D eigenvalue weighted by atomic mass is 16.1. The molecule has 0 aliphatic carbocycles. The van der Waals surface area contributed by atoms with Crippen molar-refractivity contribution in [1.82, 2.24) is 20.3 Å². The number of benzene rings is 1. The lowest BCUT2D eigenvalue weighted by molar-refractivity contribution is 0.0934. The second-order valence-corrected chi connectivity index (χ2v) is 7.61. The molecular formula is C22H25N5O. The number of rotatable bonds is 3. The van der Waals surface area contributed by atoms with Gasteiger partial charge in [0, 0.05) is 42.6 Å². The minimum atomic E-state index is -0.0338. The van der Waals surface area contributed by atoms with Crippen molar-refractivity contribution in [3.8, 4) is 0 Å². The molecule has 1 aromatic carbocycles. The van der Waals surface area contributed by atoms with E-state index in [4.69, 9.17) is 0 Å². The number of nitrogens with one attached hydrogen (secondary N) is 1. The van der Waals surface area contributed by atoms with Crippen LogP contribution in [0.2, 0.25) is 0 Å². The zero-order valence-corrected chi connectivity index (χ0v) is 16.6. The molecule has 3 aromatic rings. The first-order valence-corrected chi connectivity index (χ1v) is 9.71. The number of anilines is 1. The van der Waals surface area contributed by atoms with E-state index in [1.165, 1.54) is 0 Å². The highest BCUT2D eigenvalue weighted by Crippen LogP contribution is 2.25. The first-order valence-electron chi connectivity index (χ1n) is 9.71. The third-order valence-corrected chi connectivity index (χ3v) is 5.25. The zero-order chi connectivity index (χ0) is 19.7. The molecule has 28 heavy (non-hydrogen) atoms. The Morgan fingerprint density at radius 3 is 2.82 bits per heavy atom. The van der Waals surface area contributed by atoms with Gasteiger partial charge in [0.1, 0.15) is 5.82 Å². The molecule has 1 amide bonds. The zero-order valence-electron chi connectivity index (χ0n) is 16.6. The molecule has 2 aromatic heterocycles. The maximum atomic E-state index is 13.2. The first-order chi connectivity index (χ1) is 13.5. The Balaban J connectivity index is 1.58. The second kappa shape index (κ2) is 7.54. The minimum absolute atomic E-state index is 0.0338. The molecule has 0 saturated carbocycles. The molecule has 6 heteroatoms. The number of fused-ring (bicyclic) bond motifs is 1. The van der Waals surface area contributed by atoms with E-state index in [2.05, 4.69) is 38.2 Å². The second-order valence-electron chi connectivity index (χ2n) is 7.61. The van der Waals surface area contributed by atoms with Gasteiger partial charge in [-0.25, -0.2) is 4.98 Å². The smallest absolute Gasteiger partial charge is 0.252 e. The average Bonchev–Trinajstić information content (AvgIpc) is 2.67. The van der Waals surface area contributed by atoms with E-state index in [1.807, 2.05) is 26.0 Å². The van der Waals surface area contributed by atoms with Gasteiger partial charge in [0.15, 0.2) is 0 Å². The number of piperidine rings is 1. The number of pyridine rings is 1. The van der Waals surface area contributed by atoms with Crippen LogP contribution in [0.25, 0.3) is 10.9 Å². The topological polar surface area (TPSA) is 71.0 Å². The largest absolute Gasteiger partial charge is 0.353 e. The van der Waals surface area contributed by atoms with Gasteiger partial charge in [0.25, 0.3) is 5.91 Å². The summed E-state index contributed by atoms with van der Waals surface area (Å²) in [7, 11) is 0. The molecule has 0 spiro atoms. The van der Waals surface area contributed by atoms with Crippen LogP contribution in [-0.2, 0) is 0 Å². The Morgan fingerprint density at radius 2 is 2.04 bits per heavy atom. The van der Waals surface area contributed by atoms with E-state index >= 15 is 0 Å². The summed E-state index contributed by atoms with van der Waals surface area (Å²) < 4.78 is 0. The van der Waals surface area contributed by atoms with E-state index in [1.54, 1.807) is 18.6 Å². The fraction of sp³-hybridized carbons (Fsp3) is 0.364. The third kappa shape index (κ3) is 3.67. The molecule has 1 saturated heterocycles. The average molecular weight is 375 g/mol. The Kier molecular flexibility index (Phi) is 4.94. The molecule has 6 nitrogen and oxygen atoms in total. The molecule has 0 unspecified atom stereocenters. The van der Waals surface area contributed by atoms with Crippen LogP contribution in [0.3, 0.4) is 0 Å². The molecule has 1 aliphatic rings. The van der Waals surface area contributed by atoms with Crippen molar-refractivity contribution in [2.75, 3.05) is 18.0 Å². The number of nitrogens with zero attached hydrogens (tertiary/aromatic N) is 4. The molecule has 1 N–H and O–H groups in total. The van der Waals surface area contributed by atoms with Crippen LogP contribution in [0.4, 0.5) is 5.82 Å². The fourth-order valence-electron chi connectivity index (χ4n) is 4.09. The summed E-state index contributed by atoms with van der Waals surface area (Å²) in [6.45, 7) is 7.70. The van der Waals surface area contributed by atoms with Crippen LogP contribution in [-0.4, -0.2) is 40.0 Å². The molecule has 144 valence electrons. The van der Waals surface area contributed by atoms with Crippen molar-refractivity contribution in [2.24, 2.45) is 0 Å². The normalized spacial score (nSPS) is 17.0. The van der Waals surface area contributed by atoms with Crippen molar-refractivity contribution in [3.63, 3.8) is 0 Å². The van der Waals surface area contributed by atoms with Crippen LogP contribution in [0.15, 0.2) is 36.8 Å². The maximum absolute atomic E-state index is 13.2. The standard InChI is InChI=1S/C22H25N5O/c1-14-9-15(2)21-18(11-16(3)25-19(21)10-14)22(28)26-17-5-4-8-27(13-17)20-12-23-6-7-24-20/h6-7,9-12,17H,4-5,8,13H2,1-3H3,(H,26,28)/t17-/m0/s1. The number of aromatic nitrogens is 3. The van der Waals surface area contributed by atoms with Crippen molar-refractivity contribution in [2.45, 2.75) is 39.7 Å². The summed E-state index contributed by atoms with van der Waals surface area (Å²) in [4.78, 5) is 28.5. The first kappa shape index (κ1) is 18.3. The summed E-state index contributed by atoms with van der Waals surface area (Å²) in [6, 6.07) is 6.12. The van der Waals surface area contributed by atoms with Crippen LogP contribution < -0.4 is 10.2 Å². The molecule has 0 bridgehead atoms. The van der Waals surface area contributed by atoms with Crippen molar-refractivity contribution < 1.29 is 4.79 Å². The number of aryl methyl sites for hydroxylation is 3. The van der Waals surface area contributed by atoms with Gasteiger partial charge in [0.05, 0.1) is 17.3 Å². The lowest BCUT2D eigenvalue weighted by atomic mass is 9.99. The molecule has 1 atom stereocenters. The summed E-state index contributed by atoms with van der Waals surface area (Å²) in [5.41, 5.74) is 4.68. The highest BCUT2D eigenvalue weighted by Gasteiger charge is 2.24. The van der Waals surface area contributed by atoms with Crippen LogP contribution in [0.5, 0.6) is 0 Å². The van der Waals surface area contributed by atoms with E-state index < -0.39 is 0 Å². The summed E-state index contributed by atoms with van der Waals surface area (Å²) in [5.74, 6) is 0.825.